The highest BCUT2D eigenvalue weighted by atomic mass is 16.5. The Balaban J connectivity index is 2.52. The Morgan fingerprint density at radius 1 is 1.00 bits per heavy atom. The zero-order valence-corrected chi connectivity index (χ0v) is 13.4. The Kier molecular flexibility index (Phi) is 8.42. The number of hydrogen-bond acceptors (Lipinski definition) is 7. The first-order valence-corrected chi connectivity index (χ1v) is 7.52. The van der Waals surface area contributed by atoms with Gasteiger partial charge in [0, 0.05) is 13.2 Å². The van der Waals surface area contributed by atoms with Crippen LogP contribution in [0.4, 0.5) is 5.95 Å². The van der Waals surface area contributed by atoms with Gasteiger partial charge in [0.25, 0.3) is 0 Å². The summed E-state index contributed by atoms with van der Waals surface area (Å²) in [4.78, 5) is 12.5. The molecule has 7 heteroatoms. The number of rotatable bonds is 11. The van der Waals surface area contributed by atoms with E-state index in [9.17, 15) is 0 Å². The van der Waals surface area contributed by atoms with E-state index in [1.807, 2.05) is 20.8 Å². The molecule has 21 heavy (non-hydrogen) atoms. The maximum absolute atomic E-state index is 5.49. The second-order valence-electron chi connectivity index (χ2n) is 4.74. The van der Waals surface area contributed by atoms with E-state index in [2.05, 4.69) is 27.2 Å². The molecule has 0 aliphatic rings. The first-order valence-electron chi connectivity index (χ1n) is 7.52. The normalized spacial score (nSPS) is 10.7. The van der Waals surface area contributed by atoms with Crippen molar-refractivity contribution in [1.82, 2.24) is 15.0 Å². The smallest absolute Gasteiger partial charge is 0.324 e. The van der Waals surface area contributed by atoms with Crippen LogP contribution in [0.2, 0.25) is 0 Å². The Morgan fingerprint density at radius 3 is 2.43 bits per heavy atom. The second-order valence-corrected chi connectivity index (χ2v) is 4.74. The number of nitrogens with zero attached hydrogens (tertiary/aromatic N) is 3. The van der Waals surface area contributed by atoms with Crippen LogP contribution >= 0.6 is 0 Å². The molecule has 1 aromatic heterocycles. The summed E-state index contributed by atoms with van der Waals surface area (Å²) in [5, 5.41) is 3.03. The highest BCUT2D eigenvalue weighted by molar-refractivity contribution is 5.27. The van der Waals surface area contributed by atoms with E-state index in [0.717, 1.165) is 19.4 Å². The molecule has 0 saturated carbocycles. The zero-order chi connectivity index (χ0) is 15.5. The fourth-order valence-electron chi connectivity index (χ4n) is 1.44. The molecule has 0 aliphatic heterocycles. The molecule has 0 aromatic carbocycles. The minimum Gasteiger partial charge on any atom is -0.461 e. The van der Waals surface area contributed by atoms with Gasteiger partial charge in [0.05, 0.1) is 12.7 Å². The average molecular weight is 298 g/mol. The van der Waals surface area contributed by atoms with E-state index in [1.54, 1.807) is 0 Å². The monoisotopic (exact) mass is 298 g/mol. The van der Waals surface area contributed by atoms with E-state index in [0.29, 0.717) is 25.7 Å². The lowest BCUT2D eigenvalue weighted by Crippen LogP contribution is -2.14. The largest absolute Gasteiger partial charge is 0.461 e. The van der Waals surface area contributed by atoms with Gasteiger partial charge in [-0.15, -0.1) is 4.98 Å². The molecule has 0 saturated heterocycles. The topological polar surface area (TPSA) is 78.4 Å². The van der Waals surface area contributed by atoms with Gasteiger partial charge in [0.2, 0.25) is 5.95 Å². The van der Waals surface area contributed by atoms with Crippen molar-refractivity contribution in [2.24, 2.45) is 0 Å². The van der Waals surface area contributed by atoms with Crippen molar-refractivity contribution in [3.05, 3.63) is 0 Å². The van der Waals surface area contributed by atoms with Gasteiger partial charge in [0.15, 0.2) is 0 Å². The maximum Gasteiger partial charge on any atom is 0.324 e. The summed E-state index contributed by atoms with van der Waals surface area (Å²) in [5.41, 5.74) is 0. The lowest BCUT2D eigenvalue weighted by molar-refractivity contribution is 0.0940. The molecule has 1 heterocycles. The zero-order valence-electron chi connectivity index (χ0n) is 13.4. The van der Waals surface area contributed by atoms with Crippen molar-refractivity contribution in [1.29, 1.82) is 0 Å². The molecule has 0 radical (unpaired) electrons. The van der Waals surface area contributed by atoms with Crippen LogP contribution in [0, 0.1) is 0 Å². The predicted molar refractivity (Wildman–Crippen MR) is 81.0 cm³/mol. The number of anilines is 1. The Labute approximate surface area is 126 Å². The molecule has 0 unspecified atom stereocenters. The molecule has 0 spiro atoms. The maximum atomic E-state index is 5.49. The Morgan fingerprint density at radius 2 is 1.76 bits per heavy atom. The minimum atomic E-state index is -0.00731. The second kappa shape index (κ2) is 10.1. The first-order chi connectivity index (χ1) is 10.2. The van der Waals surface area contributed by atoms with Crippen LogP contribution in [0.5, 0.6) is 12.0 Å². The van der Waals surface area contributed by atoms with E-state index >= 15 is 0 Å². The van der Waals surface area contributed by atoms with Crippen molar-refractivity contribution < 1.29 is 14.2 Å². The summed E-state index contributed by atoms with van der Waals surface area (Å²) in [6.07, 6.45) is 2.17. The highest BCUT2D eigenvalue weighted by Gasteiger charge is 2.09. The molecular formula is C14H26N4O3. The number of unbranched alkanes of at least 4 members (excludes halogenated alkanes) is 1. The number of hydrogen-bond donors (Lipinski definition) is 1. The van der Waals surface area contributed by atoms with Crippen LogP contribution in [0.1, 0.15) is 40.5 Å². The summed E-state index contributed by atoms with van der Waals surface area (Å²) in [5.74, 6) is 0.449. The lowest BCUT2D eigenvalue weighted by Gasteiger charge is -2.11. The third-order valence-corrected chi connectivity index (χ3v) is 2.37. The predicted octanol–water partition coefficient (Wildman–Crippen LogP) is 2.29. The molecule has 1 rings (SSSR count). The number of nitrogens with one attached hydrogen (secondary N) is 1. The minimum absolute atomic E-state index is 0.00731. The molecule has 0 amide bonds. The molecular weight excluding hydrogens is 272 g/mol. The molecule has 0 fully saturated rings. The van der Waals surface area contributed by atoms with Gasteiger partial charge in [-0.2, -0.15) is 9.97 Å². The summed E-state index contributed by atoms with van der Waals surface area (Å²) in [7, 11) is 0. The van der Waals surface area contributed by atoms with Crippen molar-refractivity contribution >= 4 is 5.95 Å². The number of aromatic nitrogens is 3. The van der Waals surface area contributed by atoms with E-state index in [-0.39, 0.29) is 18.1 Å². The lowest BCUT2D eigenvalue weighted by atomic mass is 10.4. The molecule has 120 valence electrons. The SMILES string of the molecule is CCCCOCCOc1nc(NCC)nc(OC(C)C)n1. The standard InChI is InChI=1S/C14H26N4O3/c1-5-7-8-19-9-10-20-13-16-12(15-6-2)17-14(18-13)21-11(3)4/h11H,5-10H2,1-4H3,(H,15,16,17,18). The first kappa shape index (κ1) is 17.4. The van der Waals surface area contributed by atoms with Gasteiger partial charge in [0.1, 0.15) is 6.61 Å². The third-order valence-electron chi connectivity index (χ3n) is 2.37. The molecule has 1 N–H and O–H groups in total. The molecule has 0 bridgehead atoms. The van der Waals surface area contributed by atoms with Gasteiger partial charge in [-0.3, -0.25) is 0 Å². The molecule has 1 aromatic rings. The molecule has 7 nitrogen and oxygen atoms in total. The quantitative estimate of drug-likeness (QED) is 0.628. The van der Waals surface area contributed by atoms with Crippen molar-refractivity contribution in [2.75, 3.05) is 31.7 Å². The van der Waals surface area contributed by atoms with E-state index < -0.39 is 0 Å². The Hall–Kier alpha value is -1.63. The Bertz CT molecular complexity index is 402. The van der Waals surface area contributed by atoms with Crippen LogP contribution in [-0.4, -0.2) is 47.4 Å². The van der Waals surface area contributed by atoms with Crippen molar-refractivity contribution in [3.63, 3.8) is 0 Å². The number of ether oxygens (including phenoxy) is 3. The van der Waals surface area contributed by atoms with Crippen molar-refractivity contribution in [3.8, 4) is 12.0 Å². The van der Waals surface area contributed by atoms with Crippen molar-refractivity contribution in [2.45, 2.75) is 46.6 Å². The van der Waals surface area contributed by atoms with Gasteiger partial charge in [-0.05, 0) is 27.2 Å². The van der Waals surface area contributed by atoms with Crippen LogP contribution in [0.15, 0.2) is 0 Å². The summed E-state index contributed by atoms with van der Waals surface area (Å²) >= 11 is 0. The summed E-state index contributed by atoms with van der Waals surface area (Å²) in [6, 6.07) is 0.508. The van der Waals surface area contributed by atoms with Crippen LogP contribution in [0.3, 0.4) is 0 Å². The fourth-order valence-corrected chi connectivity index (χ4v) is 1.44. The van der Waals surface area contributed by atoms with E-state index in [1.165, 1.54) is 0 Å². The fraction of sp³-hybridized carbons (Fsp3) is 0.786. The third kappa shape index (κ3) is 7.65. The van der Waals surface area contributed by atoms with Crippen LogP contribution in [-0.2, 0) is 4.74 Å². The highest BCUT2D eigenvalue weighted by Crippen LogP contribution is 2.14. The average Bonchev–Trinajstić information content (AvgIpc) is 2.42. The van der Waals surface area contributed by atoms with Gasteiger partial charge in [-0.25, -0.2) is 0 Å². The molecule has 0 aliphatic carbocycles. The van der Waals surface area contributed by atoms with Crippen LogP contribution in [0.25, 0.3) is 0 Å². The summed E-state index contributed by atoms with van der Waals surface area (Å²) < 4.78 is 16.4. The summed E-state index contributed by atoms with van der Waals surface area (Å²) in [6.45, 7) is 10.3. The molecule has 0 atom stereocenters. The van der Waals surface area contributed by atoms with Gasteiger partial charge < -0.3 is 19.5 Å². The van der Waals surface area contributed by atoms with E-state index in [4.69, 9.17) is 14.2 Å². The van der Waals surface area contributed by atoms with Crippen LogP contribution < -0.4 is 14.8 Å². The van der Waals surface area contributed by atoms with Gasteiger partial charge in [-0.1, -0.05) is 13.3 Å². The van der Waals surface area contributed by atoms with Gasteiger partial charge >= 0.3 is 12.0 Å².